The molecule has 5 nitrogen and oxygen atoms in total. The maximum atomic E-state index is 9.24. The number of aliphatic hydroxyl groups excluding tert-OH is 5. The third kappa shape index (κ3) is 1.60. The molecule has 1 aliphatic carbocycles. The summed E-state index contributed by atoms with van der Waals surface area (Å²) in [4.78, 5) is 0. The highest BCUT2D eigenvalue weighted by Crippen LogP contribution is 2.25. The van der Waals surface area contributed by atoms with Crippen LogP contribution in [0.3, 0.4) is 0 Å². The van der Waals surface area contributed by atoms with E-state index in [1.165, 1.54) is 0 Å². The highest BCUT2D eigenvalue weighted by Gasteiger charge is 2.41. The van der Waals surface area contributed by atoms with Gasteiger partial charge in [-0.2, -0.15) is 0 Å². The predicted octanol–water partition coefficient (Wildman–Crippen LogP) is -2.56. The van der Waals surface area contributed by atoms with Crippen molar-refractivity contribution >= 4 is 0 Å². The van der Waals surface area contributed by atoms with Crippen LogP contribution in [0, 0.1) is 5.92 Å². The molecule has 5 atom stereocenters. The molecule has 0 aromatic rings. The lowest BCUT2D eigenvalue weighted by Crippen LogP contribution is -2.54. The van der Waals surface area contributed by atoms with Gasteiger partial charge in [0.2, 0.25) is 0 Å². The quantitative estimate of drug-likeness (QED) is 0.304. The fourth-order valence-corrected chi connectivity index (χ4v) is 1.48. The van der Waals surface area contributed by atoms with E-state index in [-0.39, 0.29) is 13.0 Å². The highest BCUT2D eigenvalue weighted by atomic mass is 16.4. The zero-order valence-electron chi connectivity index (χ0n) is 6.54. The van der Waals surface area contributed by atoms with Crippen LogP contribution in [0.1, 0.15) is 6.42 Å². The molecule has 0 spiro atoms. The van der Waals surface area contributed by atoms with Crippen molar-refractivity contribution in [3.8, 4) is 0 Å². The lowest BCUT2D eigenvalue weighted by Gasteiger charge is -2.37. The van der Waals surface area contributed by atoms with Crippen LogP contribution in [0.15, 0.2) is 0 Å². The average molecular weight is 178 g/mol. The van der Waals surface area contributed by atoms with Crippen molar-refractivity contribution < 1.29 is 25.5 Å². The van der Waals surface area contributed by atoms with E-state index in [1.807, 2.05) is 0 Å². The molecule has 0 aromatic heterocycles. The molecule has 0 aliphatic heterocycles. The summed E-state index contributed by atoms with van der Waals surface area (Å²) >= 11 is 0. The van der Waals surface area contributed by atoms with Crippen molar-refractivity contribution in [1.82, 2.24) is 0 Å². The first-order valence-electron chi connectivity index (χ1n) is 3.91. The Kier molecular flexibility index (Phi) is 3.03. The summed E-state index contributed by atoms with van der Waals surface area (Å²) in [5.74, 6) is -0.557. The second-order valence-electron chi connectivity index (χ2n) is 3.22. The molecule has 0 unspecified atom stereocenters. The van der Waals surface area contributed by atoms with Gasteiger partial charge >= 0.3 is 0 Å². The van der Waals surface area contributed by atoms with Crippen LogP contribution in [0.25, 0.3) is 0 Å². The number of rotatable bonds is 1. The third-order valence-electron chi connectivity index (χ3n) is 2.36. The van der Waals surface area contributed by atoms with Crippen molar-refractivity contribution in [2.75, 3.05) is 6.61 Å². The van der Waals surface area contributed by atoms with E-state index >= 15 is 0 Å². The van der Waals surface area contributed by atoms with E-state index in [2.05, 4.69) is 0 Å². The van der Waals surface area contributed by atoms with Crippen molar-refractivity contribution in [3.63, 3.8) is 0 Å². The van der Waals surface area contributed by atoms with Crippen LogP contribution in [0.5, 0.6) is 0 Å². The maximum Gasteiger partial charge on any atom is 0.109 e. The lowest BCUT2D eigenvalue weighted by molar-refractivity contribution is -0.163. The Hall–Kier alpha value is -0.200. The molecule has 5 heteroatoms. The van der Waals surface area contributed by atoms with Crippen molar-refractivity contribution in [2.24, 2.45) is 5.92 Å². The Morgan fingerprint density at radius 3 is 2.00 bits per heavy atom. The van der Waals surface area contributed by atoms with Gasteiger partial charge in [-0.15, -0.1) is 0 Å². The normalized spacial score (nSPS) is 49.2. The first-order valence-corrected chi connectivity index (χ1v) is 3.91. The summed E-state index contributed by atoms with van der Waals surface area (Å²) in [5.41, 5.74) is 0. The zero-order chi connectivity index (χ0) is 9.30. The van der Waals surface area contributed by atoms with Crippen LogP contribution >= 0.6 is 0 Å². The van der Waals surface area contributed by atoms with E-state index in [9.17, 15) is 5.11 Å². The first kappa shape index (κ1) is 9.88. The number of aliphatic hydroxyl groups is 5. The fourth-order valence-electron chi connectivity index (χ4n) is 1.48. The van der Waals surface area contributed by atoms with Crippen LogP contribution in [0.2, 0.25) is 0 Å². The fraction of sp³-hybridized carbons (Fsp3) is 1.00. The highest BCUT2D eigenvalue weighted by molar-refractivity contribution is 4.91. The van der Waals surface area contributed by atoms with E-state index in [4.69, 9.17) is 20.4 Å². The molecule has 0 saturated heterocycles. The summed E-state index contributed by atoms with van der Waals surface area (Å²) in [7, 11) is 0. The Morgan fingerprint density at radius 2 is 1.50 bits per heavy atom. The van der Waals surface area contributed by atoms with Gasteiger partial charge in [-0.1, -0.05) is 0 Å². The third-order valence-corrected chi connectivity index (χ3v) is 2.36. The number of hydrogen-bond donors (Lipinski definition) is 5. The molecule has 5 N–H and O–H groups in total. The van der Waals surface area contributed by atoms with Gasteiger partial charge in [-0.05, 0) is 6.42 Å². The van der Waals surface area contributed by atoms with Crippen LogP contribution in [-0.2, 0) is 0 Å². The monoisotopic (exact) mass is 178 g/mol. The standard InChI is InChI=1S/C7H14O5/c8-2-3-1-4(9)6(11)7(12)5(3)10/h3-12H,1-2H2/t3-,4-,5-,6+,7+/m1/s1. The van der Waals surface area contributed by atoms with Gasteiger partial charge in [-0.25, -0.2) is 0 Å². The summed E-state index contributed by atoms with van der Waals surface area (Å²) < 4.78 is 0. The van der Waals surface area contributed by atoms with E-state index in [0.29, 0.717) is 0 Å². The Labute approximate surface area is 69.9 Å². The topological polar surface area (TPSA) is 101 Å². The largest absolute Gasteiger partial charge is 0.396 e. The predicted molar refractivity (Wildman–Crippen MR) is 39.2 cm³/mol. The van der Waals surface area contributed by atoms with Gasteiger partial charge in [0, 0.05) is 12.5 Å². The second kappa shape index (κ2) is 3.68. The van der Waals surface area contributed by atoms with Gasteiger partial charge in [0.25, 0.3) is 0 Å². The van der Waals surface area contributed by atoms with E-state index in [0.717, 1.165) is 0 Å². The van der Waals surface area contributed by atoms with Gasteiger partial charge in [-0.3, -0.25) is 0 Å². The summed E-state index contributed by atoms with van der Waals surface area (Å²) in [5, 5.41) is 45.3. The van der Waals surface area contributed by atoms with Crippen molar-refractivity contribution in [1.29, 1.82) is 0 Å². The minimum absolute atomic E-state index is 0.107. The van der Waals surface area contributed by atoms with Gasteiger partial charge in [0.1, 0.15) is 12.2 Å². The molecule has 12 heavy (non-hydrogen) atoms. The zero-order valence-corrected chi connectivity index (χ0v) is 6.54. The molecule has 0 radical (unpaired) electrons. The molecule has 0 aromatic carbocycles. The second-order valence-corrected chi connectivity index (χ2v) is 3.22. The molecular weight excluding hydrogens is 164 g/mol. The van der Waals surface area contributed by atoms with Crippen molar-refractivity contribution in [3.05, 3.63) is 0 Å². The average Bonchev–Trinajstić information content (AvgIpc) is 2.08. The molecule has 1 aliphatic rings. The minimum atomic E-state index is -1.37. The molecule has 1 fully saturated rings. The molecule has 0 amide bonds. The molecule has 0 heterocycles. The van der Waals surface area contributed by atoms with Crippen LogP contribution in [-0.4, -0.2) is 56.6 Å². The maximum absolute atomic E-state index is 9.24. The molecule has 1 rings (SSSR count). The van der Waals surface area contributed by atoms with E-state index in [1.54, 1.807) is 0 Å². The molecule has 0 bridgehead atoms. The Balaban J connectivity index is 2.63. The SMILES string of the molecule is OC[C@H]1C[C@@H](O)[C@H](O)[C@@H](O)[C@@H]1O. The van der Waals surface area contributed by atoms with Crippen molar-refractivity contribution in [2.45, 2.75) is 30.8 Å². The number of hydrogen-bond acceptors (Lipinski definition) is 5. The molecule has 72 valence electrons. The summed E-state index contributed by atoms with van der Waals surface area (Å²) in [6.45, 7) is -0.304. The Morgan fingerprint density at radius 1 is 0.917 bits per heavy atom. The van der Waals surface area contributed by atoms with Gasteiger partial charge in [0.05, 0.1) is 12.2 Å². The van der Waals surface area contributed by atoms with Crippen LogP contribution < -0.4 is 0 Å². The summed E-state index contributed by atoms with van der Waals surface area (Å²) in [6, 6.07) is 0. The molecular formula is C7H14O5. The smallest absolute Gasteiger partial charge is 0.109 e. The minimum Gasteiger partial charge on any atom is -0.396 e. The van der Waals surface area contributed by atoms with Gasteiger partial charge < -0.3 is 25.5 Å². The van der Waals surface area contributed by atoms with E-state index < -0.39 is 30.3 Å². The first-order chi connectivity index (χ1) is 5.57. The van der Waals surface area contributed by atoms with Crippen LogP contribution in [0.4, 0.5) is 0 Å². The Bertz CT molecular complexity index is 146. The lowest BCUT2D eigenvalue weighted by atomic mass is 9.81. The molecule has 1 saturated carbocycles. The summed E-state index contributed by atoms with van der Waals surface area (Å²) in [6.07, 6.45) is -4.81. The van der Waals surface area contributed by atoms with Gasteiger partial charge in [0.15, 0.2) is 0 Å².